The first-order valence-corrected chi connectivity index (χ1v) is 4.76. The van der Waals surface area contributed by atoms with E-state index in [1.54, 1.807) is 17.7 Å². The van der Waals surface area contributed by atoms with E-state index in [1.165, 1.54) is 6.07 Å². The maximum atomic E-state index is 13.0. The van der Waals surface area contributed by atoms with Crippen LogP contribution in [0.3, 0.4) is 0 Å². The number of fused-ring (bicyclic) bond motifs is 1. The van der Waals surface area contributed by atoms with Gasteiger partial charge in [0.2, 0.25) is 0 Å². The number of halogens is 1. The molecule has 0 amide bonds. The van der Waals surface area contributed by atoms with Gasteiger partial charge in [0.05, 0.1) is 5.52 Å². The summed E-state index contributed by atoms with van der Waals surface area (Å²) in [6.45, 7) is 5.75. The monoisotopic (exact) mass is 194 g/mol. The highest BCUT2D eigenvalue weighted by Gasteiger charge is 2.02. The van der Waals surface area contributed by atoms with Crippen molar-refractivity contribution in [1.82, 2.24) is 9.78 Å². The molecule has 0 bridgehead atoms. The van der Waals surface area contributed by atoms with E-state index in [1.807, 2.05) is 27.1 Å². The molecule has 0 saturated carbocycles. The Labute approximate surface area is 83.4 Å². The van der Waals surface area contributed by atoms with Crippen LogP contribution in [0, 0.1) is 12.7 Å². The standard InChI is InChI=1S/C9H9FN2.C2H6/c1-6-3-7-5-12(2)11-9(7)4-8(6)10;1-2/h3-5H,1-2H3;1-2H3. The van der Waals surface area contributed by atoms with Crippen molar-refractivity contribution in [3.63, 3.8) is 0 Å². The smallest absolute Gasteiger partial charge is 0.128 e. The Morgan fingerprint density at radius 2 is 1.93 bits per heavy atom. The topological polar surface area (TPSA) is 17.8 Å². The van der Waals surface area contributed by atoms with Crippen molar-refractivity contribution < 1.29 is 4.39 Å². The fraction of sp³-hybridized carbons (Fsp3) is 0.364. The fourth-order valence-corrected chi connectivity index (χ4v) is 1.28. The molecule has 1 aromatic heterocycles. The molecule has 2 aromatic rings. The minimum atomic E-state index is -0.193. The number of aryl methyl sites for hydroxylation is 2. The molecule has 0 aliphatic rings. The maximum absolute atomic E-state index is 13.0. The van der Waals surface area contributed by atoms with Gasteiger partial charge in [-0.15, -0.1) is 0 Å². The zero-order valence-corrected chi connectivity index (χ0v) is 9.00. The van der Waals surface area contributed by atoms with E-state index in [-0.39, 0.29) is 5.82 Å². The van der Waals surface area contributed by atoms with Crippen LogP contribution in [-0.2, 0) is 7.05 Å². The zero-order valence-electron chi connectivity index (χ0n) is 9.00. The molecule has 0 saturated heterocycles. The molecule has 2 rings (SSSR count). The van der Waals surface area contributed by atoms with Crippen LogP contribution in [0.25, 0.3) is 10.9 Å². The molecule has 2 nitrogen and oxygen atoms in total. The van der Waals surface area contributed by atoms with Gasteiger partial charge < -0.3 is 0 Å². The summed E-state index contributed by atoms with van der Waals surface area (Å²) in [7, 11) is 1.83. The first-order valence-electron chi connectivity index (χ1n) is 4.76. The third-order valence-electron chi connectivity index (χ3n) is 1.90. The lowest BCUT2D eigenvalue weighted by atomic mass is 10.2. The molecule has 0 atom stereocenters. The van der Waals surface area contributed by atoms with Crippen molar-refractivity contribution >= 4 is 10.9 Å². The van der Waals surface area contributed by atoms with Gasteiger partial charge in [0.1, 0.15) is 5.82 Å². The summed E-state index contributed by atoms with van der Waals surface area (Å²) in [4.78, 5) is 0. The molecular formula is C11H15FN2. The summed E-state index contributed by atoms with van der Waals surface area (Å²) in [5.41, 5.74) is 1.37. The van der Waals surface area contributed by atoms with Gasteiger partial charge in [0.25, 0.3) is 0 Å². The molecule has 1 aromatic carbocycles. The Morgan fingerprint density at radius 1 is 1.29 bits per heavy atom. The molecule has 0 aliphatic heterocycles. The number of hydrogen-bond donors (Lipinski definition) is 0. The Balaban J connectivity index is 0.000000461. The second-order valence-electron chi connectivity index (χ2n) is 2.96. The average molecular weight is 194 g/mol. The van der Waals surface area contributed by atoms with Crippen molar-refractivity contribution in [2.45, 2.75) is 20.8 Å². The van der Waals surface area contributed by atoms with Gasteiger partial charge in [-0.05, 0) is 18.6 Å². The SMILES string of the molecule is CC.Cc1cc2cn(C)nc2cc1F. The van der Waals surface area contributed by atoms with Gasteiger partial charge in [0, 0.05) is 24.7 Å². The Kier molecular flexibility index (Phi) is 3.23. The Morgan fingerprint density at radius 3 is 2.57 bits per heavy atom. The highest BCUT2D eigenvalue weighted by molar-refractivity contribution is 5.78. The van der Waals surface area contributed by atoms with E-state index in [0.717, 1.165) is 5.39 Å². The van der Waals surface area contributed by atoms with E-state index in [4.69, 9.17) is 0 Å². The van der Waals surface area contributed by atoms with Gasteiger partial charge in [-0.2, -0.15) is 5.10 Å². The Hall–Kier alpha value is -1.38. The van der Waals surface area contributed by atoms with Crippen LogP contribution < -0.4 is 0 Å². The molecule has 0 unspecified atom stereocenters. The lowest BCUT2D eigenvalue weighted by molar-refractivity contribution is 0.620. The zero-order chi connectivity index (χ0) is 10.7. The lowest BCUT2D eigenvalue weighted by Gasteiger charge is -1.93. The summed E-state index contributed by atoms with van der Waals surface area (Å²) in [5.74, 6) is -0.193. The third-order valence-corrected chi connectivity index (χ3v) is 1.90. The van der Waals surface area contributed by atoms with Gasteiger partial charge in [-0.25, -0.2) is 4.39 Å². The van der Waals surface area contributed by atoms with Gasteiger partial charge >= 0.3 is 0 Å². The molecule has 0 aliphatic carbocycles. The van der Waals surface area contributed by atoms with Crippen molar-refractivity contribution in [2.75, 3.05) is 0 Å². The minimum absolute atomic E-state index is 0.193. The van der Waals surface area contributed by atoms with E-state index < -0.39 is 0 Å². The maximum Gasteiger partial charge on any atom is 0.128 e. The molecule has 1 heterocycles. The second kappa shape index (κ2) is 4.22. The van der Waals surface area contributed by atoms with E-state index >= 15 is 0 Å². The molecule has 0 spiro atoms. The van der Waals surface area contributed by atoms with Crippen LogP contribution in [-0.4, -0.2) is 9.78 Å². The van der Waals surface area contributed by atoms with Crippen molar-refractivity contribution in [1.29, 1.82) is 0 Å². The summed E-state index contributed by atoms with van der Waals surface area (Å²) >= 11 is 0. The quantitative estimate of drug-likeness (QED) is 0.630. The minimum Gasteiger partial charge on any atom is -0.275 e. The highest BCUT2D eigenvalue weighted by Crippen LogP contribution is 2.16. The van der Waals surface area contributed by atoms with Crippen molar-refractivity contribution in [3.05, 3.63) is 29.7 Å². The van der Waals surface area contributed by atoms with Crippen LogP contribution in [0.15, 0.2) is 18.3 Å². The molecule has 14 heavy (non-hydrogen) atoms. The summed E-state index contributed by atoms with van der Waals surface area (Å²) in [5, 5.41) is 5.07. The number of nitrogens with zero attached hydrogens (tertiary/aromatic N) is 2. The van der Waals surface area contributed by atoms with Gasteiger partial charge in [-0.3, -0.25) is 4.68 Å². The van der Waals surface area contributed by atoms with Crippen LogP contribution in [0.5, 0.6) is 0 Å². The molecule has 0 fully saturated rings. The predicted octanol–water partition coefficient (Wildman–Crippen LogP) is 3.05. The van der Waals surface area contributed by atoms with E-state index in [2.05, 4.69) is 5.10 Å². The molecular weight excluding hydrogens is 179 g/mol. The van der Waals surface area contributed by atoms with Crippen LogP contribution in [0.2, 0.25) is 0 Å². The largest absolute Gasteiger partial charge is 0.275 e. The lowest BCUT2D eigenvalue weighted by Crippen LogP contribution is -1.85. The fourth-order valence-electron chi connectivity index (χ4n) is 1.28. The first-order chi connectivity index (χ1) is 6.66. The highest BCUT2D eigenvalue weighted by atomic mass is 19.1. The van der Waals surface area contributed by atoms with Crippen LogP contribution in [0.4, 0.5) is 4.39 Å². The van der Waals surface area contributed by atoms with Crippen molar-refractivity contribution in [2.24, 2.45) is 7.05 Å². The normalized spacial score (nSPS) is 9.79. The van der Waals surface area contributed by atoms with E-state index in [0.29, 0.717) is 11.1 Å². The van der Waals surface area contributed by atoms with Crippen molar-refractivity contribution in [3.8, 4) is 0 Å². The van der Waals surface area contributed by atoms with Crippen LogP contribution in [0.1, 0.15) is 19.4 Å². The molecule has 0 radical (unpaired) electrons. The number of rotatable bonds is 0. The third kappa shape index (κ3) is 1.92. The first kappa shape index (κ1) is 10.7. The average Bonchev–Trinajstić information content (AvgIpc) is 2.49. The molecule has 76 valence electrons. The predicted molar refractivity (Wildman–Crippen MR) is 56.8 cm³/mol. The van der Waals surface area contributed by atoms with Gasteiger partial charge in [-0.1, -0.05) is 13.8 Å². The van der Waals surface area contributed by atoms with E-state index in [9.17, 15) is 4.39 Å². The second-order valence-corrected chi connectivity index (χ2v) is 2.96. The number of aromatic nitrogens is 2. The van der Waals surface area contributed by atoms with Gasteiger partial charge in [0.15, 0.2) is 0 Å². The summed E-state index contributed by atoms with van der Waals surface area (Å²) in [6, 6.07) is 3.27. The van der Waals surface area contributed by atoms with Crippen LogP contribution >= 0.6 is 0 Å². The molecule has 0 N–H and O–H groups in total. The number of benzene rings is 1. The summed E-state index contributed by atoms with van der Waals surface area (Å²) in [6.07, 6.45) is 1.88. The number of hydrogen-bond acceptors (Lipinski definition) is 1. The molecule has 3 heteroatoms. The summed E-state index contributed by atoms with van der Waals surface area (Å²) < 4.78 is 14.7. The Bertz CT molecular complexity index is 393.